The van der Waals surface area contributed by atoms with Crippen molar-refractivity contribution in [2.24, 2.45) is 5.73 Å². The highest BCUT2D eigenvalue weighted by Crippen LogP contribution is 2.22. The summed E-state index contributed by atoms with van der Waals surface area (Å²) in [7, 11) is -3.76. The Balaban J connectivity index is 2.27. The van der Waals surface area contributed by atoms with E-state index in [4.69, 9.17) is 16.2 Å². The SMILES string of the molecule is CC1OCCC1NS(=O)(=O)c1ccc(C(N)=O)cc1N. The van der Waals surface area contributed by atoms with Gasteiger partial charge in [0.25, 0.3) is 0 Å². The van der Waals surface area contributed by atoms with E-state index in [1.807, 2.05) is 0 Å². The summed E-state index contributed by atoms with van der Waals surface area (Å²) in [6.45, 7) is 2.32. The second-order valence-electron chi connectivity index (χ2n) is 4.71. The minimum Gasteiger partial charge on any atom is -0.398 e. The van der Waals surface area contributed by atoms with Gasteiger partial charge in [0.05, 0.1) is 17.8 Å². The fourth-order valence-corrected chi connectivity index (χ4v) is 3.55. The van der Waals surface area contributed by atoms with Gasteiger partial charge in [-0.3, -0.25) is 4.79 Å². The molecule has 2 unspecified atom stereocenters. The van der Waals surface area contributed by atoms with E-state index in [1.54, 1.807) is 6.92 Å². The van der Waals surface area contributed by atoms with Gasteiger partial charge in [0.1, 0.15) is 4.90 Å². The van der Waals surface area contributed by atoms with E-state index in [2.05, 4.69) is 4.72 Å². The van der Waals surface area contributed by atoms with Gasteiger partial charge in [-0.25, -0.2) is 13.1 Å². The highest BCUT2D eigenvalue weighted by molar-refractivity contribution is 7.89. The van der Waals surface area contributed by atoms with Gasteiger partial charge in [-0.1, -0.05) is 0 Å². The van der Waals surface area contributed by atoms with Gasteiger partial charge >= 0.3 is 0 Å². The Morgan fingerprint density at radius 1 is 1.45 bits per heavy atom. The first-order chi connectivity index (χ1) is 9.31. The predicted octanol–water partition coefficient (Wildman–Crippen LogP) is -0.177. The maximum atomic E-state index is 12.3. The molecule has 1 amide bonds. The van der Waals surface area contributed by atoms with Crippen molar-refractivity contribution in [1.29, 1.82) is 0 Å². The fraction of sp³-hybridized carbons (Fsp3) is 0.417. The number of ether oxygens (including phenoxy) is 1. The summed E-state index contributed by atoms with van der Waals surface area (Å²) in [5.41, 5.74) is 11.0. The Kier molecular flexibility index (Phi) is 3.98. The normalized spacial score (nSPS) is 22.9. The van der Waals surface area contributed by atoms with Gasteiger partial charge in [-0.05, 0) is 31.5 Å². The molecule has 1 aliphatic heterocycles. The lowest BCUT2D eigenvalue weighted by atomic mass is 10.2. The molecule has 8 heteroatoms. The number of sulfonamides is 1. The van der Waals surface area contributed by atoms with Crippen LogP contribution >= 0.6 is 0 Å². The molecular formula is C12H17N3O4S. The fourth-order valence-electron chi connectivity index (χ4n) is 2.10. The number of nitrogen functional groups attached to an aromatic ring is 1. The molecular weight excluding hydrogens is 282 g/mol. The number of amides is 1. The molecule has 1 aliphatic rings. The minimum atomic E-state index is -3.76. The quantitative estimate of drug-likeness (QED) is 0.665. The van der Waals surface area contributed by atoms with E-state index in [0.29, 0.717) is 13.0 Å². The molecule has 2 rings (SSSR count). The van der Waals surface area contributed by atoms with Crippen LogP contribution in [0.15, 0.2) is 23.1 Å². The number of nitrogens with two attached hydrogens (primary N) is 2. The van der Waals surface area contributed by atoms with Crippen molar-refractivity contribution >= 4 is 21.6 Å². The smallest absolute Gasteiger partial charge is 0.248 e. The number of carbonyl (C=O) groups excluding carboxylic acids is 1. The molecule has 2 atom stereocenters. The van der Waals surface area contributed by atoms with Gasteiger partial charge in [0.2, 0.25) is 15.9 Å². The van der Waals surface area contributed by atoms with E-state index in [9.17, 15) is 13.2 Å². The lowest BCUT2D eigenvalue weighted by molar-refractivity contribution is 0.1000. The summed E-state index contributed by atoms with van der Waals surface area (Å²) >= 11 is 0. The molecule has 5 N–H and O–H groups in total. The Morgan fingerprint density at radius 3 is 2.65 bits per heavy atom. The van der Waals surface area contributed by atoms with E-state index in [1.165, 1.54) is 18.2 Å². The van der Waals surface area contributed by atoms with Crippen molar-refractivity contribution in [3.8, 4) is 0 Å². The molecule has 0 spiro atoms. The third kappa shape index (κ3) is 2.92. The molecule has 1 aromatic carbocycles. The third-order valence-electron chi connectivity index (χ3n) is 3.27. The van der Waals surface area contributed by atoms with Crippen LogP contribution in [-0.4, -0.2) is 33.1 Å². The summed E-state index contributed by atoms with van der Waals surface area (Å²) in [5, 5.41) is 0. The Hall–Kier alpha value is -1.64. The Bertz CT molecular complexity index is 630. The van der Waals surface area contributed by atoms with Crippen LogP contribution in [0.2, 0.25) is 0 Å². The maximum absolute atomic E-state index is 12.3. The number of nitrogens with one attached hydrogen (secondary N) is 1. The van der Waals surface area contributed by atoms with Gasteiger partial charge in [0.15, 0.2) is 0 Å². The molecule has 0 aromatic heterocycles. The van der Waals surface area contributed by atoms with E-state index in [-0.39, 0.29) is 28.3 Å². The standard InChI is InChI=1S/C12H17N3O4S/c1-7-10(4-5-19-7)15-20(17,18)11-3-2-8(12(14)16)6-9(11)13/h2-3,6-7,10,15H,4-5,13H2,1H3,(H2,14,16). The summed E-state index contributed by atoms with van der Waals surface area (Å²) in [5.74, 6) is -0.661. The first-order valence-electron chi connectivity index (χ1n) is 6.14. The Morgan fingerprint density at radius 2 is 2.15 bits per heavy atom. The summed E-state index contributed by atoms with van der Waals surface area (Å²) in [6, 6.07) is 3.58. The summed E-state index contributed by atoms with van der Waals surface area (Å²) in [4.78, 5) is 11.0. The van der Waals surface area contributed by atoms with Crippen molar-refractivity contribution in [2.75, 3.05) is 12.3 Å². The van der Waals surface area contributed by atoms with Crippen molar-refractivity contribution < 1.29 is 17.9 Å². The summed E-state index contributed by atoms with van der Waals surface area (Å²) in [6.07, 6.45) is 0.426. The topological polar surface area (TPSA) is 125 Å². The number of primary amides is 1. The van der Waals surface area contributed by atoms with Crippen LogP contribution in [0.1, 0.15) is 23.7 Å². The zero-order valence-corrected chi connectivity index (χ0v) is 11.8. The van der Waals surface area contributed by atoms with Crippen LogP contribution in [0.5, 0.6) is 0 Å². The Labute approximate surface area is 117 Å². The average molecular weight is 299 g/mol. The van der Waals surface area contributed by atoms with Crippen LogP contribution in [0, 0.1) is 0 Å². The van der Waals surface area contributed by atoms with Gasteiger partial charge in [-0.15, -0.1) is 0 Å². The number of anilines is 1. The largest absolute Gasteiger partial charge is 0.398 e. The van der Waals surface area contributed by atoms with E-state index in [0.717, 1.165) is 0 Å². The molecule has 0 radical (unpaired) electrons. The molecule has 0 aliphatic carbocycles. The van der Waals surface area contributed by atoms with Crippen LogP contribution < -0.4 is 16.2 Å². The monoisotopic (exact) mass is 299 g/mol. The van der Waals surface area contributed by atoms with Crippen LogP contribution in [0.25, 0.3) is 0 Å². The summed E-state index contributed by atoms with van der Waals surface area (Å²) < 4.78 is 32.4. The number of hydrogen-bond acceptors (Lipinski definition) is 5. The maximum Gasteiger partial charge on any atom is 0.248 e. The van der Waals surface area contributed by atoms with E-state index < -0.39 is 15.9 Å². The first-order valence-corrected chi connectivity index (χ1v) is 7.63. The number of hydrogen-bond donors (Lipinski definition) is 3. The first kappa shape index (κ1) is 14.8. The second-order valence-corrected chi connectivity index (χ2v) is 6.39. The van der Waals surface area contributed by atoms with Crippen molar-refractivity contribution in [1.82, 2.24) is 4.72 Å². The van der Waals surface area contributed by atoms with Crippen molar-refractivity contribution in [3.05, 3.63) is 23.8 Å². The molecule has 0 bridgehead atoms. The molecule has 20 heavy (non-hydrogen) atoms. The molecule has 0 saturated carbocycles. The molecule has 7 nitrogen and oxygen atoms in total. The van der Waals surface area contributed by atoms with E-state index >= 15 is 0 Å². The highest BCUT2D eigenvalue weighted by Gasteiger charge is 2.30. The predicted molar refractivity (Wildman–Crippen MR) is 73.5 cm³/mol. The molecule has 1 saturated heterocycles. The lowest BCUT2D eigenvalue weighted by Crippen LogP contribution is -2.39. The second kappa shape index (κ2) is 5.39. The van der Waals surface area contributed by atoms with Crippen LogP contribution in [0.3, 0.4) is 0 Å². The van der Waals surface area contributed by atoms with Gasteiger partial charge in [-0.2, -0.15) is 0 Å². The molecule has 1 aromatic rings. The minimum absolute atomic E-state index is 0.0135. The number of rotatable bonds is 4. The number of benzene rings is 1. The lowest BCUT2D eigenvalue weighted by Gasteiger charge is -2.17. The molecule has 110 valence electrons. The van der Waals surface area contributed by atoms with Crippen molar-refractivity contribution in [2.45, 2.75) is 30.4 Å². The number of carbonyl (C=O) groups is 1. The zero-order valence-electron chi connectivity index (χ0n) is 11.0. The van der Waals surface area contributed by atoms with Gasteiger partial charge < -0.3 is 16.2 Å². The zero-order chi connectivity index (χ0) is 14.9. The molecule has 1 heterocycles. The third-order valence-corrected chi connectivity index (χ3v) is 4.83. The van der Waals surface area contributed by atoms with Gasteiger partial charge in [0, 0.05) is 12.2 Å². The van der Waals surface area contributed by atoms with Crippen LogP contribution in [0.4, 0.5) is 5.69 Å². The molecule has 1 fully saturated rings. The average Bonchev–Trinajstić information content (AvgIpc) is 2.73. The highest BCUT2D eigenvalue weighted by atomic mass is 32.2. The van der Waals surface area contributed by atoms with Crippen LogP contribution in [-0.2, 0) is 14.8 Å². The van der Waals surface area contributed by atoms with Crippen molar-refractivity contribution in [3.63, 3.8) is 0 Å².